The molecule has 0 radical (unpaired) electrons. The number of aromatic nitrogens is 1. The number of benzene rings is 1. The highest BCUT2D eigenvalue weighted by atomic mass is 19.1. The molecule has 0 aliphatic carbocycles. The zero-order valence-electron chi connectivity index (χ0n) is 14.7. The van der Waals surface area contributed by atoms with E-state index in [2.05, 4.69) is 10.3 Å². The van der Waals surface area contributed by atoms with Gasteiger partial charge in [-0.15, -0.1) is 0 Å². The van der Waals surface area contributed by atoms with Crippen LogP contribution in [0.15, 0.2) is 42.7 Å². The van der Waals surface area contributed by atoms with Gasteiger partial charge in [-0.05, 0) is 57.4 Å². The number of nitrogens with one attached hydrogen (secondary N) is 1. The van der Waals surface area contributed by atoms with E-state index in [4.69, 9.17) is 9.31 Å². The minimum atomic E-state index is -0.649. The van der Waals surface area contributed by atoms with Crippen molar-refractivity contribution < 1.29 is 18.5 Å². The molecule has 0 atom stereocenters. The van der Waals surface area contributed by atoms with Gasteiger partial charge in [0.1, 0.15) is 5.82 Å². The van der Waals surface area contributed by atoms with Crippen LogP contribution in [0, 0.1) is 5.82 Å². The smallest absolute Gasteiger partial charge is 0.399 e. The molecular weight excluding hydrogens is 322 g/mol. The Hall–Kier alpha value is -2.25. The first-order valence-corrected chi connectivity index (χ1v) is 8.06. The van der Waals surface area contributed by atoms with Crippen LogP contribution in [0.2, 0.25) is 0 Å². The summed E-state index contributed by atoms with van der Waals surface area (Å²) in [7, 11) is -0.649. The maximum Gasteiger partial charge on any atom is 0.494 e. The summed E-state index contributed by atoms with van der Waals surface area (Å²) in [6, 6.07) is 7.64. The van der Waals surface area contributed by atoms with E-state index >= 15 is 0 Å². The Bertz CT molecular complexity index is 780. The SMILES string of the molecule is CC1(C)OB(c2ccc(NC(=O)c3ccncc3)c(F)c2)OC1(C)C. The van der Waals surface area contributed by atoms with Crippen molar-refractivity contribution in [2.45, 2.75) is 38.9 Å². The van der Waals surface area contributed by atoms with E-state index in [1.54, 1.807) is 18.2 Å². The van der Waals surface area contributed by atoms with Crippen molar-refractivity contribution in [3.8, 4) is 0 Å². The average molecular weight is 342 g/mol. The van der Waals surface area contributed by atoms with E-state index in [-0.39, 0.29) is 5.69 Å². The quantitative estimate of drug-likeness (QED) is 0.872. The number of nitrogens with zero attached hydrogens (tertiary/aromatic N) is 1. The zero-order valence-corrected chi connectivity index (χ0v) is 14.7. The Morgan fingerprint density at radius 2 is 1.68 bits per heavy atom. The fourth-order valence-corrected chi connectivity index (χ4v) is 2.46. The number of carbonyl (C=O) groups is 1. The number of hydrogen-bond donors (Lipinski definition) is 1. The average Bonchev–Trinajstić information content (AvgIpc) is 2.78. The van der Waals surface area contributed by atoms with E-state index in [0.717, 1.165) is 0 Å². The third-order valence-corrected chi connectivity index (χ3v) is 4.71. The molecule has 0 spiro atoms. The number of halogens is 1. The first kappa shape index (κ1) is 17.6. The maximum absolute atomic E-state index is 14.4. The molecule has 130 valence electrons. The summed E-state index contributed by atoms with van der Waals surface area (Å²) >= 11 is 0. The first-order valence-electron chi connectivity index (χ1n) is 8.06. The molecule has 1 aliphatic rings. The highest BCUT2D eigenvalue weighted by molar-refractivity contribution is 6.62. The first-order chi connectivity index (χ1) is 11.7. The van der Waals surface area contributed by atoms with Crippen LogP contribution in [0.1, 0.15) is 38.1 Å². The molecule has 1 N–H and O–H groups in total. The third-order valence-electron chi connectivity index (χ3n) is 4.71. The molecular formula is C18H20BFN2O3. The minimum absolute atomic E-state index is 0.0991. The lowest BCUT2D eigenvalue weighted by atomic mass is 9.79. The molecule has 5 nitrogen and oxygen atoms in total. The van der Waals surface area contributed by atoms with Gasteiger partial charge in [0, 0.05) is 18.0 Å². The van der Waals surface area contributed by atoms with Gasteiger partial charge in [0.15, 0.2) is 0 Å². The van der Waals surface area contributed by atoms with Gasteiger partial charge in [0.05, 0.1) is 16.9 Å². The Labute approximate surface area is 146 Å². The van der Waals surface area contributed by atoms with Crippen molar-refractivity contribution in [3.63, 3.8) is 0 Å². The van der Waals surface area contributed by atoms with Crippen LogP contribution in [0.3, 0.4) is 0 Å². The van der Waals surface area contributed by atoms with Crippen LogP contribution in [-0.2, 0) is 9.31 Å². The second kappa shape index (κ2) is 6.24. The van der Waals surface area contributed by atoms with Gasteiger partial charge in [0.25, 0.3) is 5.91 Å². The summed E-state index contributed by atoms with van der Waals surface area (Å²) in [5, 5.41) is 2.55. The lowest BCUT2D eigenvalue weighted by molar-refractivity contribution is 0.00578. The molecule has 0 bridgehead atoms. The Morgan fingerprint density at radius 1 is 1.08 bits per heavy atom. The summed E-state index contributed by atoms with van der Waals surface area (Å²) in [5.41, 5.74) is 0.0784. The van der Waals surface area contributed by atoms with Crippen molar-refractivity contribution in [3.05, 3.63) is 54.1 Å². The standard InChI is InChI=1S/C18H20BFN2O3/c1-17(2)18(3,4)25-19(24-17)13-5-6-15(14(20)11-13)22-16(23)12-7-9-21-10-8-12/h5-11H,1-4H3,(H,22,23). The van der Waals surface area contributed by atoms with Crippen molar-refractivity contribution in [2.24, 2.45) is 0 Å². The van der Waals surface area contributed by atoms with Crippen LogP contribution < -0.4 is 10.8 Å². The summed E-state index contributed by atoms with van der Waals surface area (Å²) in [6.07, 6.45) is 3.01. The van der Waals surface area contributed by atoms with Gasteiger partial charge in [-0.3, -0.25) is 9.78 Å². The zero-order chi connectivity index (χ0) is 18.2. The third kappa shape index (κ3) is 3.43. The Morgan fingerprint density at radius 3 is 2.24 bits per heavy atom. The monoisotopic (exact) mass is 342 g/mol. The highest BCUT2D eigenvalue weighted by Gasteiger charge is 2.51. The van der Waals surface area contributed by atoms with Crippen molar-refractivity contribution >= 4 is 24.2 Å². The minimum Gasteiger partial charge on any atom is -0.399 e. The molecule has 7 heteroatoms. The molecule has 1 amide bonds. The van der Waals surface area contributed by atoms with Gasteiger partial charge in [-0.2, -0.15) is 0 Å². The summed E-state index contributed by atoms with van der Waals surface area (Å²) in [6.45, 7) is 7.75. The van der Waals surface area contributed by atoms with Crippen molar-refractivity contribution in [1.82, 2.24) is 4.98 Å². The lowest BCUT2D eigenvalue weighted by Crippen LogP contribution is -2.41. The number of pyridine rings is 1. The van der Waals surface area contributed by atoms with Crippen LogP contribution in [0.4, 0.5) is 10.1 Å². The second-order valence-corrected chi connectivity index (χ2v) is 7.02. The molecule has 2 heterocycles. The number of amides is 1. The highest BCUT2D eigenvalue weighted by Crippen LogP contribution is 2.36. The number of anilines is 1. The molecule has 2 aromatic rings. The molecule has 1 aliphatic heterocycles. The fraction of sp³-hybridized carbons (Fsp3) is 0.333. The molecule has 0 saturated carbocycles. The van der Waals surface area contributed by atoms with Crippen LogP contribution in [0.25, 0.3) is 0 Å². The predicted octanol–water partition coefficient (Wildman–Crippen LogP) is 2.77. The molecule has 1 aromatic carbocycles. The van der Waals surface area contributed by atoms with Gasteiger partial charge in [-0.25, -0.2) is 4.39 Å². The van der Waals surface area contributed by atoms with Gasteiger partial charge in [-0.1, -0.05) is 6.07 Å². The molecule has 0 unspecified atom stereocenters. The second-order valence-electron chi connectivity index (χ2n) is 7.02. The predicted molar refractivity (Wildman–Crippen MR) is 94.3 cm³/mol. The van der Waals surface area contributed by atoms with Crippen molar-refractivity contribution in [1.29, 1.82) is 0 Å². The van der Waals surface area contributed by atoms with E-state index in [1.807, 2.05) is 27.7 Å². The van der Waals surface area contributed by atoms with Crippen LogP contribution in [-0.4, -0.2) is 29.2 Å². The van der Waals surface area contributed by atoms with E-state index in [9.17, 15) is 9.18 Å². The lowest BCUT2D eigenvalue weighted by Gasteiger charge is -2.32. The molecule has 1 saturated heterocycles. The van der Waals surface area contributed by atoms with E-state index < -0.39 is 30.0 Å². The van der Waals surface area contributed by atoms with E-state index in [0.29, 0.717) is 11.0 Å². The number of carbonyl (C=O) groups excluding carboxylic acids is 1. The largest absolute Gasteiger partial charge is 0.494 e. The van der Waals surface area contributed by atoms with Crippen LogP contribution in [0.5, 0.6) is 0 Å². The molecule has 1 fully saturated rings. The summed E-state index contributed by atoms with van der Waals surface area (Å²) in [5.74, 6) is -0.945. The summed E-state index contributed by atoms with van der Waals surface area (Å²) < 4.78 is 26.3. The topological polar surface area (TPSA) is 60.5 Å². The molecule has 1 aromatic heterocycles. The van der Waals surface area contributed by atoms with Crippen LogP contribution >= 0.6 is 0 Å². The van der Waals surface area contributed by atoms with Gasteiger partial charge < -0.3 is 14.6 Å². The van der Waals surface area contributed by atoms with Crippen molar-refractivity contribution in [2.75, 3.05) is 5.32 Å². The molecule has 25 heavy (non-hydrogen) atoms. The fourth-order valence-electron chi connectivity index (χ4n) is 2.46. The summed E-state index contributed by atoms with van der Waals surface area (Å²) in [4.78, 5) is 16.0. The number of hydrogen-bond acceptors (Lipinski definition) is 4. The van der Waals surface area contributed by atoms with Gasteiger partial charge >= 0.3 is 7.12 Å². The van der Waals surface area contributed by atoms with E-state index in [1.165, 1.54) is 24.5 Å². The Balaban J connectivity index is 1.77. The maximum atomic E-state index is 14.4. The Kier molecular flexibility index (Phi) is 4.39. The van der Waals surface area contributed by atoms with Gasteiger partial charge in [0.2, 0.25) is 0 Å². The molecule has 3 rings (SSSR count). The number of rotatable bonds is 3. The normalized spacial score (nSPS) is 18.2.